The van der Waals surface area contributed by atoms with Crippen LogP contribution in [-0.4, -0.2) is 22.7 Å². The van der Waals surface area contributed by atoms with Crippen LogP contribution in [0.4, 0.5) is 17.1 Å². The van der Waals surface area contributed by atoms with Crippen molar-refractivity contribution >= 4 is 22.8 Å². The van der Waals surface area contributed by atoms with Crippen molar-refractivity contribution in [3.8, 4) is 5.75 Å². The number of non-ortho nitro benzene ring substituents is 1. The van der Waals surface area contributed by atoms with Crippen molar-refractivity contribution < 1.29 is 14.6 Å². The number of nitro benzene ring substituents is 2. The van der Waals surface area contributed by atoms with E-state index in [4.69, 9.17) is 4.74 Å². The fraction of sp³-hybridized carbons (Fsp3) is 0.435. The van der Waals surface area contributed by atoms with Gasteiger partial charge in [0.2, 0.25) is 0 Å². The predicted octanol–water partition coefficient (Wildman–Crippen LogP) is 5.93. The minimum atomic E-state index is -0.654. The van der Waals surface area contributed by atoms with Crippen LogP contribution in [0.15, 0.2) is 47.6 Å². The Morgan fingerprint density at radius 3 is 2.34 bits per heavy atom. The highest BCUT2D eigenvalue weighted by atomic mass is 16.6. The Hall–Kier alpha value is -3.49. The summed E-state index contributed by atoms with van der Waals surface area (Å²) in [5.74, 6) is 1.41. The van der Waals surface area contributed by atoms with Gasteiger partial charge in [-0.1, -0.05) is 26.2 Å². The lowest BCUT2D eigenvalue weighted by Gasteiger charge is -2.30. The molecule has 9 nitrogen and oxygen atoms in total. The van der Waals surface area contributed by atoms with Crippen LogP contribution in [-0.2, 0) is 0 Å². The topological polar surface area (TPSA) is 120 Å². The van der Waals surface area contributed by atoms with Crippen LogP contribution in [0.2, 0.25) is 0 Å². The Kier molecular flexibility index (Phi) is 7.75. The third-order valence-corrected chi connectivity index (χ3v) is 6.08. The van der Waals surface area contributed by atoms with Gasteiger partial charge in [-0.3, -0.25) is 25.7 Å². The number of hydrogen-bond donors (Lipinski definition) is 1. The molecule has 0 aromatic heterocycles. The highest BCUT2D eigenvalue weighted by molar-refractivity contribution is 6.03. The van der Waals surface area contributed by atoms with E-state index < -0.39 is 9.85 Å². The summed E-state index contributed by atoms with van der Waals surface area (Å²) >= 11 is 0. The molecular formula is C23H28N4O5. The van der Waals surface area contributed by atoms with Crippen molar-refractivity contribution in [1.29, 1.82) is 0 Å². The summed E-state index contributed by atoms with van der Waals surface area (Å²) in [6, 6.07) is 11.1. The number of hydrogen-bond acceptors (Lipinski definition) is 7. The quantitative estimate of drug-likeness (QED) is 0.293. The standard InChI is InChI=1S/C23H28N4O5/c1-3-20(16-7-5-4-6-8-16)23(17-9-12-19(32-2)13-10-17)25-24-21-14-11-18(26(28)29)15-22(21)27(30)31/h9-16,20,24H,3-8H2,1-2H3/b25-23-/t20-/m1/s1. The first kappa shape index (κ1) is 23.2. The minimum absolute atomic E-state index is 0.116. The molecule has 1 aliphatic rings. The van der Waals surface area contributed by atoms with Crippen LogP contribution < -0.4 is 10.2 Å². The summed E-state index contributed by atoms with van der Waals surface area (Å²) in [5.41, 5.74) is 3.97. The first-order valence-corrected chi connectivity index (χ1v) is 10.9. The molecule has 1 aliphatic carbocycles. The maximum Gasteiger partial charge on any atom is 0.301 e. The van der Waals surface area contributed by atoms with Gasteiger partial charge in [-0.15, -0.1) is 0 Å². The van der Waals surface area contributed by atoms with Crippen LogP contribution in [0.25, 0.3) is 0 Å². The smallest absolute Gasteiger partial charge is 0.301 e. The third-order valence-electron chi connectivity index (χ3n) is 6.08. The molecule has 32 heavy (non-hydrogen) atoms. The Morgan fingerprint density at radius 2 is 1.78 bits per heavy atom. The summed E-state index contributed by atoms with van der Waals surface area (Å²) < 4.78 is 5.27. The van der Waals surface area contributed by atoms with Gasteiger partial charge in [0.25, 0.3) is 5.69 Å². The molecule has 1 fully saturated rings. The zero-order chi connectivity index (χ0) is 23.1. The number of nitrogens with zero attached hydrogens (tertiary/aromatic N) is 3. The summed E-state index contributed by atoms with van der Waals surface area (Å²) in [6.45, 7) is 2.13. The average Bonchev–Trinajstić information content (AvgIpc) is 2.82. The Bertz CT molecular complexity index is 984. The summed E-state index contributed by atoms with van der Waals surface area (Å²) in [5, 5.41) is 27.2. The monoisotopic (exact) mass is 440 g/mol. The summed E-state index contributed by atoms with van der Waals surface area (Å²) in [6.07, 6.45) is 6.78. The molecule has 170 valence electrons. The van der Waals surface area contributed by atoms with Crippen molar-refractivity contribution in [1.82, 2.24) is 0 Å². The van der Waals surface area contributed by atoms with Crippen molar-refractivity contribution in [3.63, 3.8) is 0 Å². The molecule has 0 radical (unpaired) electrons. The molecule has 2 aromatic rings. The van der Waals surface area contributed by atoms with Crippen molar-refractivity contribution in [2.24, 2.45) is 16.9 Å². The lowest BCUT2D eigenvalue weighted by atomic mass is 9.75. The van der Waals surface area contributed by atoms with Gasteiger partial charge in [0, 0.05) is 12.0 Å². The molecule has 3 rings (SSSR count). The van der Waals surface area contributed by atoms with Crippen LogP contribution in [0, 0.1) is 32.1 Å². The van der Waals surface area contributed by atoms with E-state index in [0.717, 1.165) is 42.4 Å². The molecule has 9 heteroatoms. The maximum atomic E-state index is 11.5. The molecule has 0 bridgehead atoms. The third kappa shape index (κ3) is 5.40. The number of ether oxygens (including phenoxy) is 1. The van der Waals surface area contributed by atoms with Crippen LogP contribution in [0.1, 0.15) is 51.0 Å². The number of nitrogens with one attached hydrogen (secondary N) is 1. The highest BCUT2D eigenvalue weighted by Crippen LogP contribution is 2.35. The van der Waals surface area contributed by atoms with Gasteiger partial charge in [0.1, 0.15) is 11.4 Å². The number of rotatable bonds is 9. The van der Waals surface area contributed by atoms with Crippen molar-refractivity contribution in [2.45, 2.75) is 45.4 Å². The van der Waals surface area contributed by atoms with Crippen LogP contribution in [0.3, 0.4) is 0 Å². The highest BCUT2D eigenvalue weighted by Gasteiger charge is 2.28. The first-order valence-electron chi connectivity index (χ1n) is 10.9. The predicted molar refractivity (Wildman–Crippen MR) is 123 cm³/mol. The minimum Gasteiger partial charge on any atom is -0.497 e. The van der Waals surface area contributed by atoms with E-state index in [1.807, 2.05) is 24.3 Å². The number of anilines is 1. The second-order valence-electron chi connectivity index (χ2n) is 7.97. The molecule has 0 saturated heterocycles. The summed E-state index contributed by atoms with van der Waals surface area (Å²) in [4.78, 5) is 21.2. The number of methoxy groups -OCH3 is 1. The van der Waals surface area contributed by atoms with Gasteiger partial charge in [-0.05, 0) is 61.1 Å². The maximum absolute atomic E-state index is 11.5. The van der Waals surface area contributed by atoms with E-state index in [1.54, 1.807) is 7.11 Å². The zero-order valence-electron chi connectivity index (χ0n) is 18.3. The van der Waals surface area contributed by atoms with E-state index in [0.29, 0.717) is 5.92 Å². The molecule has 0 spiro atoms. The fourth-order valence-electron chi connectivity index (χ4n) is 4.41. The Balaban J connectivity index is 2.00. The van der Waals surface area contributed by atoms with Gasteiger partial charge < -0.3 is 4.74 Å². The summed E-state index contributed by atoms with van der Waals surface area (Å²) in [7, 11) is 1.61. The molecular weight excluding hydrogens is 412 g/mol. The van der Waals surface area contributed by atoms with E-state index in [2.05, 4.69) is 17.5 Å². The molecule has 0 heterocycles. The largest absolute Gasteiger partial charge is 0.497 e. The molecule has 0 amide bonds. The normalized spacial score (nSPS) is 15.8. The molecule has 2 aromatic carbocycles. The molecule has 1 saturated carbocycles. The second-order valence-corrected chi connectivity index (χ2v) is 7.97. The van der Waals surface area contributed by atoms with Crippen LogP contribution >= 0.6 is 0 Å². The lowest BCUT2D eigenvalue weighted by Crippen LogP contribution is -2.27. The van der Waals surface area contributed by atoms with E-state index in [9.17, 15) is 20.2 Å². The van der Waals surface area contributed by atoms with Gasteiger partial charge in [0.05, 0.1) is 28.7 Å². The lowest BCUT2D eigenvalue weighted by molar-refractivity contribution is -0.393. The molecule has 1 atom stereocenters. The van der Waals surface area contributed by atoms with E-state index >= 15 is 0 Å². The SMILES string of the molecule is CC[C@@H](/C(=N\Nc1ccc([N+](=O)[O-])cc1[N+](=O)[O-])c1ccc(OC)cc1)C1CCCCC1. The van der Waals surface area contributed by atoms with E-state index in [-0.39, 0.29) is 23.0 Å². The first-order chi connectivity index (χ1) is 15.4. The number of hydrazone groups is 1. The number of nitro groups is 2. The second kappa shape index (κ2) is 10.7. The van der Waals surface area contributed by atoms with Crippen molar-refractivity contribution in [2.75, 3.05) is 12.5 Å². The fourth-order valence-corrected chi connectivity index (χ4v) is 4.41. The van der Waals surface area contributed by atoms with Gasteiger partial charge in [0.15, 0.2) is 0 Å². The van der Waals surface area contributed by atoms with Gasteiger partial charge >= 0.3 is 5.69 Å². The van der Waals surface area contributed by atoms with Crippen LogP contribution in [0.5, 0.6) is 5.75 Å². The zero-order valence-corrected chi connectivity index (χ0v) is 18.3. The Labute approximate surface area is 186 Å². The van der Waals surface area contributed by atoms with E-state index in [1.165, 1.54) is 31.4 Å². The van der Waals surface area contributed by atoms with Gasteiger partial charge in [-0.2, -0.15) is 5.10 Å². The molecule has 0 unspecified atom stereocenters. The van der Waals surface area contributed by atoms with Gasteiger partial charge in [-0.25, -0.2) is 0 Å². The molecule has 0 aliphatic heterocycles. The number of benzene rings is 2. The molecule has 1 N–H and O–H groups in total. The Morgan fingerprint density at radius 1 is 1.09 bits per heavy atom. The average molecular weight is 441 g/mol. The van der Waals surface area contributed by atoms with Crippen molar-refractivity contribution in [3.05, 3.63) is 68.3 Å².